The number of nitrogen functional groups attached to an aromatic ring is 1. The molecule has 0 atom stereocenters. The van der Waals surface area contributed by atoms with Crippen molar-refractivity contribution in [3.63, 3.8) is 0 Å². The summed E-state index contributed by atoms with van der Waals surface area (Å²) in [6, 6.07) is 0.255. The lowest BCUT2D eigenvalue weighted by molar-refractivity contribution is 0.616. The van der Waals surface area contributed by atoms with Crippen LogP contribution in [0.25, 0.3) is 0 Å². The van der Waals surface area contributed by atoms with Gasteiger partial charge in [-0.05, 0) is 13.8 Å². The third-order valence-electron chi connectivity index (χ3n) is 1.85. The van der Waals surface area contributed by atoms with Gasteiger partial charge in [-0.25, -0.2) is 9.37 Å². The number of hydrogen-bond donors (Lipinski definition) is 1. The van der Waals surface area contributed by atoms with E-state index in [0.29, 0.717) is 5.95 Å². The number of halogens is 1. The molecule has 0 radical (unpaired) electrons. The van der Waals surface area contributed by atoms with Gasteiger partial charge >= 0.3 is 0 Å². The van der Waals surface area contributed by atoms with Gasteiger partial charge in [0.1, 0.15) is 0 Å². The standard InChI is InChI=1S/C8H13FN4/c1-5(2)13(3)8-11-4-6(9)7(10)12-8/h4-5H,1-3H3,(H2,10,11,12). The number of nitrogens with two attached hydrogens (primary N) is 1. The SMILES string of the molecule is CC(C)N(C)c1ncc(F)c(N)n1. The average Bonchev–Trinajstić information content (AvgIpc) is 2.08. The molecule has 0 saturated heterocycles. The van der Waals surface area contributed by atoms with Gasteiger partial charge in [-0.2, -0.15) is 4.98 Å². The van der Waals surface area contributed by atoms with Crippen LogP contribution in [0, 0.1) is 5.82 Å². The molecular weight excluding hydrogens is 171 g/mol. The molecule has 0 amide bonds. The predicted molar refractivity (Wildman–Crippen MR) is 49.9 cm³/mol. The van der Waals surface area contributed by atoms with Crippen LogP contribution in [0.5, 0.6) is 0 Å². The molecule has 1 aromatic heterocycles. The van der Waals surface area contributed by atoms with Gasteiger partial charge in [0.15, 0.2) is 11.6 Å². The van der Waals surface area contributed by atoms with Crippen molar-refractivity contribution in [3.05, 3.63) is 12.0 Å². The minimum absolute atomic E-state index is 0.113. The fourth-order valence-electron chi connectivity index (χ4n) is 0.771. The molecule has 1 rings (SSSR count). The molecule has 0 aliphatic carbocycles. The molecule has 72 valence electrons. The van der Waals surface area contributed by atoms with E-state index in [1.807, 2.05) is 25.8 Å². The van der Waals surface area contributed by atoms with E-state index in [0.717, 1.165) is 6.20 Å². The summed E-state index contributed by atoms with van der Waals surface area (Å²) in [5, 5.41) is 0. The van der Waals surface area contributed by atoms with Gasteiger partial charge in [0.2, 0.25) is 5.95 Å². The minimum atomic E-state index is -0.582. The Balaban J connectivity index is 2.97. The van der Waals surface area contributed by atoms with E-state index in [1.165, 1.54) is 0 Å². The summed E-state index contributed by atoms with van der Waals surface area (Å²) in [7, 11) is 1.83. The summed E-state index contributed by atoms with van der Waals surface area (Å²) >= 11 is 0. The molecule has 0 spiro atoms. The Morgan fingerprint density at radius 1 is 1.54 bits per heavy atom. The van der Waals surface area contributed by atoms with Crippen LogP contribution in [0.3, 0.4) is 0 Å². The van der Waals surface area contributed by atoms with Gasteiger partial charge in [0.05, 0.1) is 6.20 Å². The highest BCUT2D eigenvalue weighted by molar-refractivity contribution is 5.38. The second-order valence-corrected chi connectivity index (χ2v) is 3.11. The van der Waals surface area contributed by atoms with E-state index in [2.05, 4.69) is 9.97 Å². The molecule has 0 aromatic carbocycles. The molecule has 0 bridgehead atoms. The average molecular weight is 184 g/mol. The van der Waals surface area contributed by atoms with E-state index in [-0.39, 0.29) is 11.9 Å². The largest absolute Gasteiger partial charge is 0.381 e. The summed E-state index contributed by atoms with van der Waals surface area (Å²) in [6.45, 7) is 3.98. The second kappa shape index (κ2) is 3.55. The highest BCUT2D eigenvalue weighted by Gasteiger charge is 2.09. The molecular formula is C8H13FN4. The first-order chi connectivity index (χ1) is 6.02. The molecule has 1 heterocycles. The van der Waals surface area contributed by atoms with Crippen molar-refractivity contribution >= 4 is 11.8 Å². The maximum Gasteiger partial charge on any atom is 0.227 e. The van der Waals surface area contributed by atoms with E-state index < -0.39 is 5.82 Å². The fourth-order valence-corrected chi connectivity index (χ4v) is 0.771. The first-order valence-electron chi connectivity index (χ1n) is 4.03. The lowest BCUT2D eigenvalue weighted by atomic mass is 10.4. The molecule has 4 nitrogen and oxygen atoms in total. The molecule has 2 N–H and O–H groups in total. The third-order valence-corrected chi connectivity index (χ3v) is 1.85. The summed E-state index contributed by atoms with van der Waals surface area (Å²) in [6.07, 6.45) is 1.08. The Labute approximate surface area is 76.6 Å². The summed E-state index contributed by atoms with van der Waals surface area (Å²) in [5.74, 6) is -0.257. The van der Waals surface area contributed by atoms with Gasteiger partial charge < -0.3 is 10.6 Å². The molecule has 0 unspecified atom stereocenters. The highest BCUT2D eigenvalue weighted by atomic mass is 19.1. The second-order valence-electron chi connectivity index (χ2n) is 3.11. The van der Waals surface area contributed by atoms with E-state index in [1.54, 1.807) is 0 Å². The zero-order valence-electron chi connectivity index (χ0n) is 7.95. The van der Waals surface area contributed by atoms with E-state index in [4.69, 9.17) is 5.73 Å². The number of aromatic nitrogens is 2. The smallest absolute Gasteiger partial charge is 0.227 e. The van der Waals surface area contributed by atoms with Gasteiger partial charge in [0, 0.05) is 13.1 Å². The summed E-state index contributed by atoms with van der Waals surface area (Å²) in [4.78, 5) is 9.45. The third kappa shape index (κ3) is 2.05. The summed E-state index contributed by atoms with van der Waals surface area (Å²) < 4.78 is 12.7. The Morgan fingerprint density at radius 3 is 2.62 bits per heavy atom. The number of hydrogen-bond acceptors (Lipinski definition) is 4. The Morgan fingerprint density at radius 2 is 2.15 bits per heavy atom. The summed E-state index contributed by atoms with van der Waals surface area (Å²) in [5.41, 5.74) is 5.31. The number of nitrogens with zero attached hydrogens (tertiary/aromatic N) is 3. The van der Waals surface area contributed by atoms with Crippen LogP contribution in [0.2, 0.25) is 0 Å². The molecule has 5 heteroatoms. The van der Waals surface area contributed by atoms with Crippen LogP contribution in [0.4, 0.5) is 16.2 Å². The van der Waals surface area contributed by atoms with Crippen LogP contribution in [0.15, 0.2) is 6.20 Å². The molecule has 0 saturated carbocycles. The van der Waals surface area contributed by atoms with Crippen LogP contribution in [-0.2, 0) is 0 Å². The van der Waals surface area contributed by atoms with Crippen molar-refractivity contribution in [1.82, 2.24) is 9.97 Å². The zero-order chi connectivity index (χ0) is 10.0. The Hall–Kier alpha value is -1.39. The lowest BCUT2D eigenvalue weighted by Crippen LogP contribution is -2.27. The monoisotopic (exact) mass is 184 g/mol. The first kappa shape index (κ1) is 9.70. The Kier molecular flexibility index (Phi) is 2.65. The Bertz CT molecular complexity index is 300. The van der Waals surface area contributed by atoms with E-state index in [9.17, 15) is 4.39 Å². The molecule has 13 heavy (non-hydrogen) atoms. The van der Waals surface area contributed by atoms with Crippen LogP contribution in [0.1, 0.15) is 13.8 Å². The maximum absolute atomic E-state index is 12.7. The van der Waals surface area contributed by atoms with Crippen molar-refractivity contribution in [2.24, 2.45) is 0 Å². The zero-order valence-corrected chi connectivity index (χ0v) is 7.95. The van der Waals surface area contributed by atoms with Gasteiger partial charge in [-0.3, -0.25) is 0 Å². The molecule has 1 aromatic rings. The lowest BCUT2D eigenvalue weighted by Gasteiger charge is -2.21. The number of rotatable bonds is 2. The van der Waals surface area contributed by atoms with Crippen LogP contribution in [-0.4, -0.2) is 23.1 Å². The van der Waals surface area contributed by atoms with Crippen molar-refractivity contribution in [2.75, 3.05) is 17.7 Å². The topological polar surface area (TPSA) is 55.0 Å². The normalized spacial score (nSPS) is 10.5. The van der Waals surface area contributed by atoms with Crippen molar-refractivity contribution < 1.29 is 4.39 Å². The molecule has 0 aliphatic rings. The quantitative estimate of drug-likeness (QED) is 0.746. The predicted octanol–water partition coefficient (Wildman–Crippen LogP) is 1.04. The first-order valence-corrected chi connectivity index (χ1v) is 4.03. The minimum Gasteiger partial charge on any atom is -0.381 e. The van der Waals surface area contributed by atoms with Gasteiger partial charge in [-0.15, -0.1) is 0 Å². The van der Waals surface area contributed by atoms with Gasteiger partial charge in [-0.1, -0.05) is 0 Å². The van der Waals surface area contributed by atoms with Crippen molar-refractivity contribution in [3.8, 4) is 0 Å². The highest BCUT2D eigenvalue weighted by Crippen LogP contribution is 2.12. The fraction of sp³-hybridized carbons (Fsp3) is 0.500. The van der Waals surface area contributed by atoms with Gasteiger partial charge in [0.25, 0.3) is 0 Å². The van der Waals surface area contributed by atoms with Crippen LogP contribution >= 0.6 is 0 Å². The maximum atomic E-state index is 12.7. The van der Waals surface area contributed by atoms with Crippen molar-refractivity contribution in [1.29, 1.82) is 0 Å². The van der Waals surface area contributed by atoms with E-state index >= 15 is 0 Å². The number of anilines is 2. The molecule has 0 aliphatic heterocycles. The van der Waals surface area contributed by atoms with Crippen molar-refractivity contribution in [2.45, 2.75) is 19.9 Å². The molecule has 0 fully saturated rings. The van der Waals surface area contributed by atoms with Crippen LogP contribution < -0.4 is 10.6 Å².